The molecule has 100 valence electrons. The SMILES string of the molecule is COc1ccc(C(C)[C@H](CN(C)C)[N+](=O)[O-])cc1. The molecule has 0 radical (unpaired) electrons. The number of benzene rings is 1. The molecule has 0 saturated carbocycles. The molecule has 0 aliphatic heterocycles. The number of likely N-dealkylation sites (N-methyl/N-ethyl adjacent to an activating group) is 1. The van der Waals surface area contributed by atoms with Crippen LogP contribution in [-0.4, -0.2) is 43.6 Å². The summed E-state index contributed by atoms with van der Waals surface area (Å²) in [5, 5.41) is 11.1. The molecule has 0 fully saturated rings. The van der Waals surface area contributed by atoms with Gasteiger partial charge in [0.15, 0.2) is 0 Å². The van der Waals surface area contributed by atoms with Crippen molar-refractivity contribution < 1.29 is 9.66 Å². The maximum atomic E-state index is 11.1. The van der Waals surface area contributed by atoms with Gasteiger partial charge in [-0.05, 0) is 31.8 Å². The minimum Gasteiger partial charge on any atom is -0.497 e. The van der Waals surface area contributed by atoms with Crippen LogP contribution in [0, 0.1) is 10.1 Å². The molecule has 0 bridgehead atoms. The highest BCUT2D eigenvalue weighted by atomic mass is 16.6. The molecular formula is C13H20N2O3. The summed E-state index contributed by atoms with van der Waals surface area (Å²) >= 11 is 0. The summed E-state index contributed by atoms with van der Waals surface area (Å²) in [4.78, 5) is 12.8. The molecule has 0 amide bonds. The van der Waals surface area contributed by atoms with Gasteiger partial charge in [0.05, 0.1) is 19.6 Å². The maximum Gasteiger partial charge on any atom is 0.232 e. The number of hydrogen-bond donors (Lipinski definition) is 0. The Kier molecular flexibility index (Phi) is 5.09. The molecule has 5 nitrogen and oxygen atoms in total. The minimum atomic E-state index is -0.603. The zero-order valence-corrected chi connectivity index (χ0v) is 11.3. The first-order chi connectivity index (χ1) is 8.45. The fourth-order valence-corrected chi connectivity index (χ4v) is 1.91. The molecule has 0 aliphatic rings. The number of nitro groups is 1. The molecule has 1 unspecified atom stereocenters. The highest BCUT2D eigenvalue weighted by molar-refractivity contribution is 5.29. The van der Waals surface area contributed by atoms with Gasteiger partial charge in [0, 0.05) is 4.92 Å². The summed E-state index contributed by atoms with van der Waals surface area (Å²) in [6.45, 7) is 2.32. The Morgan fingerprint density at radius 2 is 1.89 bits per heavy atom. The van der Waals surface area contributed by atoms with Crippen LogP contribution in [-0.2, 0) is 0 Å². The summed E-state index contributed by atoms with van der Waals surface area (Å²) in [6, 6.07) is 6.83. The standard InChI is InChI=1S/C13H20N2O3/c1-10(13(15(16)17)9-14(2)3)11-5-7-12(18-4)8-6-11/h5-8,10,13H,9H2,1-4H3/t10?,13-/m0/s1. The van der Waals surface area contributed by atoms with Crippen LogP contribution in [0.1, 0.15) is 18.4 Å². The first-order valence-electron chi connectivity index (χ1n) is 5.88. The van der Waals surface area contributed by atoms with E-state index in [0.29, 0.717) is 6.54 Å². The highest BCUT2D eigenvalue weighted by Gasteiger charge is 2.29. The Labute approximate surface area is 108 Å². The van der Waals surface area contributed by atoms with E-state index in [9.17, 15) is 10.1 Å². The molecular weight excluding hydrogens is 232 g/mol. The Balaban J connectivity index is 2.87. The van der Waals surface area contributed by atoms with Crippen LogP contribution < -0.4 is 4.74 Å². The van der Waals surface area contributed by atoms with Crippen molar-refractivity contribution in [2.45, 2.75) is 18.9 Å². The van der Waals surface area contributed by atoms with Crippen LogP contribution in [0.15, 0.2) is 24.3 Å². The summed E-state index contributed by atoms with van der Waals surface area (Å²) in [5.41, 5.74) is 0.958. The molecule has 0 saturated heterocycles. The quantitative estimate of drug-likeness (QED) is 0.574. The third kappa shape index (κ3) is 3.70. The summed E-state index contributed by atoms with van der Waals surface area (Å²) < 4.78 is 5.08. The van der Waals surface area contributed by atoms with Crippen molar-refractivity contribution in [2.24, 2.45) is 0 Å². The van der Waals surface area contributed by atoms with Crippen LogP contribution in [0.5, 0.6) is 5.75 Å². The average molecular weight is 252 g/mol. The average Bonchev–Trinajstić information content (AvgIpc) is 2.34. The molecule has 0 aliphatic carbocycles. The van der Waals surface area contributed by atoms with Gasteiger partial charge in [-0.1, -0.05) is 19.1 Å². The largest absolute Gasteiger partial charge is 0.497 e. The van der Waals surface area contributed by atoms with E-state index in [2.05, 4.69) is 0 Å². The van der Waals surface area contributed by atoms with Crippen molar-refractivity contribution in [2.75, 3.05) is 27.7 Å². The van der Waals surface area contributed by atoms with E-state index in [0.717, 1.165) is 11.3 Å². The first kappa shape index (κ1) is 14.4. The van der Waals surface area contributed by atoms with Crippen molar-refractivity contribution in [1.29, 1.82) is 0 Å². The van der Waals surface area contributed by atoms with Gasteiger partial charge in [0.25, 0.3) is 0 Å². The van der Waals surface area contributed by atoms with Gasteiger partial charge in [-0.2, -0.15) is 0 Å². The van der Waals surface area contributed by atoms with Crippen molar-refractivity contribution in [1.82, 2.24) is 4.90 Å². The number of rotatable bonds is 6. The Morgan fingerprint density at radius 3 is 2.28 bits per heavy atom. The smallest absolute Gasteiger partial charge is 0.232 e. The molecule has 18 heavy (non-hydrogen) atoms. The molecule has 2 atom stereocenters. The molecule has 0 aromatic heterocycles. The molecule has 1 aromatic rings. The predicted molar refractivity (Wildman–Crippen MR) is 70.7 cm³/mol. The minimum absolute atomic E-state index is 0.131. The third-order valence-electron chi connectivity index (χ3n) is 3.04. The van der Waals surface area contributed by atoms with Crippen LogP contribution in [0.25, 0.3) is 0 Å². The second-order valence-corrected chi connectivity index (χ2v) is 4.68. The molecule has 5 heteroatoms. The maximum absolute atomic E-state index is 11.1. The van der Waals surface area contributed by atoms with Gasteiger partial charge < -0.3 is 9.64 Å². The van der Waals surface area contributed by atoms with Crippen LogP contribution in [0.3, 0.4) is 0 Å². The zero-order chi connectivity index (χ0) is 13.7. The topological polar surface area (TPSA) is 55.6 Å². The number of nitrogens with zero attached hydrogens (tertiary/aromatic N) is 2. The van der Waals surface area contributed by atoms with E-state index in [-0.39, 0.29) is 10.8 Å². The Hall–Kier alpha value is -1.62. The summed E-state index contributed by atoms with van der Waals surface area (Å²) in [6.07, 6.45) is 0. The summed E-state index contributed by atoms with van der Waals surface area (Å²) in [5.74, 6) is 0.629. The molecule has 0 heterocycles. The molecule has 1 rings (SSSR count). The van der Waals surface area contributed by atoms with Gasteiger partial charge in [-0.15, -0.1) is 0 Å². The van der Waals surface area contributed by atoms with Gasteiger partial charge in [-0.3, -0.25) is 10.1 Å². The van der Waals surface area contributed by atoms with Crippen molar-refractivity contribution in [3.05, 3.63) is 39.9 Å². The van der Waals surface area contributed by atoms with E-state index in [1.54, 1.807) is 7.11 Å². The molecule has 0 N–H and O–H groups in total. The van der Waals surface area contributed by atoms with E-state index in [1.165, 1.54) is 0 Å². The van der Waals surface area contributed by atoms with E-state index < -0.39 is 6.04 Å². The third-order valence-corrected chi connectivity index (χ3v) is 3.04. The monoisotopic (exact) mass is 252 g/mol. The van der Waals surface area contributed by atoms with Gasteiger partial charge in [0.1, 0.15) is 5.75 Å². The highest BCUT2D eigenvalue weighted by Crippen LogP contribution is 2.23. The lowest BCUT2D eigenvalue weighted by atomic mass is 9.93. The number of ether oxygens (including phenoxy) is 1. The summed E-state index contributed by atoms with van der Waals surface area (Å²) in [7, 11) is 5.29. The van der Waals surface area contributed by atoms with Crippen LogP contribution in [0.4, 0.5) is 0 Å². The molecule has 0 spiro atoms. The first-order valence-corrected chi connectivity index (χ1v) is 5.88. The fourth-order valence-electron chi connectivity index (χ4n) is 1.91. The lowest BCUT2D eigenvalue weighted by molar-refractivity contribution is -0.526. The fraction of sp³-hybridized carbons (Fsp3) is 0.538. The van der Waals surface area contributed by atoms with E-state index in [4.69, 9.17) is 4.74 Å². The number of hydrogen-bond acceptors (Lipinski definition) is 4. The van der Waals surface area contributed by atoms with Crippen LogP contribution >= 0.6 is 0 Å². The van der Waals surface area contributed by atoms with E-state index in [1.807, 2.05) is 50.2 Å². The lowest BCUT2D eigenvalue weighted by Gasteiger charge is -2.20. The normalized spacial score (nSPS) is 14.3. The Bertz CT molecular complexity index is 390. The molecule has 1 aromatic carbocycles. The van der Waals surface area contributed by atoms with Crippen molar-refractivity contribution >= 4 is 0 Å². The zero-order valence-electron chi connectivity index (χ0n) is 11.3. The van der Waals surface area contributed by atoms with E-state index >= 15 is 0 Å². The van der Waals surface area contributed by atoms with Crippen molar-refractivity contribution in [3.8, 4) is 5.75 Å². The number of methoxy groups -OCH3 is 1. The van der Waals surface area contributed by atoms with Gasteiger partial charge in [-0.25, -0.2) is 0 Å². The Morgan fingerprint density at radius 1 is 1.33 bits per heavy atom. The second kappa shape index (κ2) is 6.35. The van der Waals surface area contributed by atoms with Gasteiger partial charge in [0.2, 0.25) is 6.04 Å². The van der Waals surface area contributed by atoms with Crippen LogP contribution in [0.2, 0.25) is 0 Å². The predicted octanol–water partition coefficient (Wildman–Crippen LogP) is 2.01. The second-order valence-electron chi connectivity index (χ2n) is 4.68. The lowest BCUT2D eigenvalue weighted by Crippen LogP contribution is -2.36. The van der Waals surface area contributed by atoms with Gasteiger partial charge >= 0.3 is 0 Å². The van der Waals surface area contributed by atoms with Crippen molar-refractivity contribution in [3.63, 3.8) is 0 Å².